The van der Waals surface area contributed by atoms with E-state index in [0.717, 1.165) is 16.5 Å². The lowest BCUT2D eigenvalue weighted by molar-refractivity contribution is -0.138. The molecule has 0 radical (unpaired) electrons. The molecule has 20 heavy (non-hydrogen) atoms. The number of benzene rings is 1. The molecule has 0 spiro atoms. The van der Waals surface area contributed by atoms with E-state index in [1.807, 2.05) is 39.0 Å². The third-order valence-electron chi connectivity index (χ3n) is 3.19. The van der Waals surface area contributed by atoms with Gasteiger partial charge in [-0.25, -0.2) is 14.8 Å². The quantitative estimate of drug-likeness (QED) is 0.876. The molecule has 0 saturated heterocycles. The minimum Gasteiger partial charge on any atom is -0.480 e. The Kier molecular flexibility index (Phi) is 4.17. The summed E-state index contributed by atoms with van der Waals surface area (Å²) < 4.78 is 0. The van der Waals surface area contributed by atoms with Crippen LogP contribution in [-0.2, 0) is 4.79 Å². The lowest BCUT2D eigenvalue weighted by Gasteiger charge is -2.18. The van der Waals surface area contributed by atoms with Crippen molar-refractivity contribution in [1.82, 2.24) is 9.97 Å². The van der Waals surface area contributed by atoms with E-state index < -0.39 is 12.0 Å². The van der Waals surface area contributed by atoms with Crippen molar-refractivity contribution in [1.29, 1.82) is 0 Å². The van der Waals surface area contributed by atoms with Crippen molar-refractivity contribution in [3.05, 3.63) is 30.1 Å². The number of fused-ring (bicyclic) bond motifs is 1. The van der Waals surface area contributed by atoms with E-state index in [1.165, 1.54) is 6.33 Å². The summed E-state index contributed by atoms with van der Waals surface area (Å²) in [5.74, 6) is 0.0120. The van der Waals surface area contributed by atoms with Crippen LogP contribution in [0.2, 0.25) is 0 Å². The summed E-state index contributed by atoms with van der Waals surface area (Å²) >= 11 is 0. The van der Waals surface area contributed by atoms with Crippen molar-refractivity contribution in [2.24, 2.45) is 5.92 Å². The Morgan fingerprint density at radius 1 is 1.35 bits per heavy atom. The molecule has 1 aromatic carbocycles. The zero-order valence-electron chi connectivity index (χ0n) is 11.9. The van der Waals surface area contributed by atoms with Crippen molar-refractivity contribution in [3.63, 3.8) is 0 Å². The van der Waals surface area contributed by atoms with Crippen LogP contribution in [-0.4, -0.2) is 27.1 Å². The summed E-state index contributed by atoms with van der Waals surface area (Å²) in [7, 11) is 0. The Morgan fingerprint density at radius 2 is 2.10 bits per heavy atom. The lowest BCUT2D eigenvalue weighted by atomic mass is 10.0. The van der Waals surface area contributed by atoms with E-state index in [4.69, 9.17) is 0 Å². The maximum Gasteiger partial charge on any atom is 0.326 e. The number of hydrogen-bond donors (Lipinski definition) is 2. The number of nitrogens with one attached hydrogen (secondary N) is 1. The van der Waals surface area contributed by atoms with E-state index in [0.29, 0.717) is 12.2 Å². The first kappa shape index (κ1) is 14.2. The molecule has 1 atom stereocenters. The second kappa shape index (κ2) is 5.86. The van der Waals surface area contributed by atoms with Gasteiger partial charge in [-0.2, -0.15) is 0 Å². The molecule has 5 heteroatoms. The standard InChI is InChI=1S/C15H19N3O2/c1-9(2)7-12(15(19)20)18-14-13-10(3)5-4-6-11(13)16-8-17-14/h4-6,8-9,12H,7H2,1-3H3,(H,19,20)(H,16,17,18)/t12-/m0/s1. The summed E-state index contributed by atoms with van der Waals surface area (Å²) in [4.78, 5) is 19.8. The number of carboxylic acid groups (broad SMARTS) is 1. The van der Waals surface area contributed by atoms with Crippen LogP contribution in [0.3, 0.4) is 0 Å². The maximum absolute atomic E-state index is 11.4. The number of rotatable bonds is 5. The number of aliphatic carboxylic acids is 1. The number of hydrogen-bond acceptors (Lipinski definition) is 4. The fraction of sp³-hybridized carbons (Fsp3) is 0.400. The minimum atomic E-state index is -0.862. The molecule has 106 valence electrons. The van der Waals surface area contributed by atoms with Crippen LogP contribution in [0.4, 0.5) is 5.82 Å². The molecule has 0 aliphatic rings. The molecule has 0 fully saturated rings. The van der Waals surface area contributed by atoms with E-state index in [9.17, 15) is 9.90 Å². The predicted molar refractivity (Wildman–Crippen MR) is 78.8 cm³/mol. The van der Waals surface area contributed by atoms with E-state index in [-0.39, 0.29) is 5.92 Å². The first-order chi connectivity index (χ1) is 9.49. The highest BCUT2D eigenvalue weighted by molar-refractivity contribution is 5.93. The topological polar surface area (TPSA) is 75.1 Å². The Hall–Kier alpha value is -2.17. The zero-order chi connectivity index (χ0) is 14.7. The molecule has 2 aromatic rings. The summed E-state index contributed by atoms with van der Waals surface area (Å²) in [6.45, 7) is 5.97. The molecule has 1 heterocycles. The summed E-state index contributed by atoms with van der Waals surface area (Å²) in [6.07, 6.45) is 2.01. The van der Waals surface area contributed by atoms with Gasteiger partial charge in [-0.1, -0.05) is 26.0 Å². The normalized spacial score (nSPS) is 12.6. The molecule has 0 aliphatic heterocycles. The highest BCUT2D eigenvalue weighted by Gasteiger charge is 2.20. The van der Waals surface area contributed by atoms with Gasteiger partial charge in [0.05, 0.1) is 5.52 Å². The predicted octanol–water partition coefficient (Wildman–Crippen LogP) is 2.85. The lowest BCUT2D eigenvalue weighted by Crippen LogP contribution is -2.31. The molecule has 0 aliphatic carbocycles. The maximum atomic E-state index is 11.4. The smallest absolute Gasteiger partial charge is 0.326 e. The molecule has 5 nitrogen and oxygen atoms in total. The van der Waals surface area contributed by atoms with Gasteiger partial charge in [0.15, 0.2) is 0 Å². The Labute approximate surface area is 118 Å². The second-order valence-electron chi connectivity index (χ2n) is 5.36. The van der Waals surface area contributed by atoms with Crippen molar-refractivity contribution < 1.29 is 9.90 Å². The van der Waals surface area contributed by atoms with E-state index >= 15 is 0 Å². The van der Waals surface area contributed by atoms with E-state index in [1.54, 1.807) is 0 Å². The summed E-state index contributed by atoms with van der Waals surface area (Å²) in [5, 5.41) is 13.2. The SMILES string of the molecule is Cc1cccc2ncnc(N[C@@H](CC(C)C)C(=O)O)c12. The van der Waals surface area contributed by atoms with Gasteiger partial charge in [0.2, 0.25) is 0 Å². The second-order valence-corrected chi connectivity index (χ2v) is 5.36. The average molecular weight is 273 g/mol. The summed E-state index contributed by atoms with van der Waals surface area (Å²) in [6, 6.07) is 5.15. The fourth-order valence-corrected chi connectivity index (χ4v) is 2.25. The van der Waals surface area contributed by atoms with Crippen molar-refractivity contribution in [3.8, 4) is 0 Å². The molecular formula is C15H19N3O2. The number of aryl methyl sites for hydroxylation is 1. The third-order valence-corrected chi connectivity index (χ3v) is 3.19. The Morgan fingerprint density at radius 3 is 2.75 bits per heavy atom. The Balaban J connectivity index is 2.39. The van der Waals surface area contributed by atoms with Crippen LogP contribution < -0.4 is 5.32 Å². The van der Waals surface area contributed by atoms with E-state index in [2.05, 4.69) is 15.3 Å². The van der Waals surface area contributed by atoms with Crippen LogP contribution in [0.25, 0.3) is 10.9 Å². The fourth-order valence-electron chi connectivity index (χ4n) is 2.25. The van der Waals surface area contributed by atoms with Gasteiger partial charge in [0, 0.05) is 5.39 Å². The van der Waals surface area contributed by atoms with Crippen molar-refractivity contribution >= 4 is 22.7 Å². The highest BCUT2D eigenvalue weighted by Crippen LogP contribution is 2.24. The van der Waals surface area contributed by atoms with Gasteiger partial charge in [0.25, 0.3) is 0 Å². The number of carboxylic acids is 1. The minimum absolute atomic E-state index is 0.290. The number of anilines is 1. The zero-order valence-corrected chi connectivity index (χ0v) is 11.9. The molecule has 2 N–H and O–H groups in total. The first-order valence-corrected chi connectivity index (χ1v) is 6.68. The van der Waals surface area contributed by atoms with Gasteiger partial charge in [0.1, 0.15) is 18.2 Å². The summed E-state index contributed by atoms with van der Waals surface area (Å²) in [5.41, 5.74) is 1.84. The average Bonchev–Trinajstić information content (AvgIpc) is 2.37. The molecule has 0 bridgehead atoms. The van der Waals surface area contributed by atoms with Gasteiger partial charge in [-0.15, -0.1) is 0 Å². The number of aromatic nitrogens is 2. The van der Waals surface area contributed by atoms with Crippen molar-refractivity contribution in [2.75, 3.05) is 5.32 Å². The number of carbonyl (C=O) groups is 1. The largest absolute Gasteiger partial charge is 0.480 e. The van der Waals surface area contributed by atoms with Gasteiger partial charge in [-0.05, 0) is 30.9 Å². The highest BCUT2D eigenvalue weighted by atomic mass is 16.4. The molecule has 0 unspecified atom stereocenters. The molecule has 1 aromatic heterocycles. The Bertz CT molecular complexity index is 620. The van der Waals surface area contributed by atoms with Crippen LogP contribution in [0.15, 0.2) is 24.5 Å². The van der Waals surface area contributed by atoms with Crippen molar-refractivity contribution in [2.45, 2.75) is 33.2 Å². The van der Waals surface area contributed by atoms with Gasteiger partial charge >= 0.3 is 5.97 Å². The monoisotopic (exact) mass is 273 g/mol. The van der Waals surface area contributed by atoms with Crippen LogP contribution in [0.1, 0.15) is 25.8 Å². The molecule has 2 rings (SSSR count). The number of nitrogens with zero attached hydrogens (tertiary/aromatic N) is 2. The third kappa shape index (κ3) is 3.04. The first-order valence-electron chi connectivity index (χ1n) is 6.68. The van der Waals surface area contributed by atoms with Crippen LogP contribution >= 0.6 is 0 Å². The van der Waals surface area contributed by atoms with Gasteiger partial charge in [-0.3, -0.25) is 0 Å². The molecule has 0 saturated carbocycles. The van der Waals surface area contributed by atoms with Crippen LogP contribution in [0.5, 0.6) is 0 Å². The van der Waals surface area contributed by atoms with Gasteiger partial charge < -0.3 is 10.4 Å². The molecular weight excluding hydrogens is 254 g/mol. The molecule has 0 amide bonds. The van der Waals surface area contributed by atoms with Crippen LogP contribution in [0, 0.1) is 12.8 Å².